The van der Waals surface area contributed by atoms with Crippen LogP contribution in [0.4, 0.5) is 17.1 Å². The average molecular weight is 497 g/mol. The normalized spacial score (nSPS) is 14.5. The van der Waals surface area contributed by atoms with Crippen molar-refractivity contribution in [3.63, 3.8) is 0 Å². The van der Waals surface area contributed by atoms with Crippen LogP contribution in [0.15, 0.2) is 77.7 Å². The first-order valence-corrected chi connectivity index (χ1v) is 12.0. The maximum absolute atomic E-state index is 13.0. The fourth-order valence-electron chi connectivity index (χ4n) is 3.97. The molecule has 11 nitrogen and oxygen atoms in total. The van der Waals surface area contributed by atoms with Gasteiger partial charge in [0.05, 0.1) is 9.85 Å². The van der Waals surface area contributed by atoms with Gasteiger partial charge in [-0.2, -0.15) is 4.31 Å². The molecule has 0 radical (unpaired) electrons. The first-order valence-electron chi connectivity index (χ1n) is 10.6. The molecule has 1 fully saturated rings. The molecular weight excluding hydrogens is 476 g/mol. The lowest BCUT2D eigenvalue weighted by molar-refractivity contribution is -0.387. The van der Waals surface area contributed by atoms with E-state index in [-0.39, 0.29) is 48.9 Å². The number of para-hydroxylation sites is 1. The molecule has 0 saturated carbocycles. The summed E-state index contributed by atoms with van der Waals surface area (Å²) < 4.78 is 27.2. The van der Waals surface area contributed by atoms with Crippen molar-refractivity contribution in [2.24, 2.45) is 0 Å². The van der Waals surface area contributed by atoms with Crippen molar-refractivity contribution in [2.45, 2.75) is 4.90 Å². The van der Waals surface area contributed by atoms with Gasteiger partial charge in [-0.1, -0.05) is 42.5 Å². The summed E-state index contributed by atoms with van der Waals surface area (Å²) >= 11 is 0. The molecule has 1 heterocycles. The standard InChI is InChI=1S/C23H20N4O7S/c28-23(17-6-2-1-3-7-17)18-10-11-19(21(16-18)27(31)32)24-12-14-25(15-13-24)35(33,34)22-9-5-4-8-20(22)26(29)30/h1-11,16H,12-15H2. The van der Waals surface area contributed by atoms with E-state index < -0.39 is 30.5 Å². The lowest BCUT2D eigenvalue weighted by atomic mass is 10.0. The molecule has 0 unspecified atom stereocenters. The number of nitrogens with zero attached hydrogens (tertiary/aromatic N) is 4. The Hall–Kier alpha value is -4.16. The van der Waals surface area contributed by atoms with Gasteiger partial charge in [0.2, 0.25) is 10.0 Å². The molecule has 4 rings (SSSR count). The van der Waals surface area contributed by atoms with Gasteiger partial charge in [-0.05, 0) is 18.2 Å². The van der Waals surface area contributed by atoms with E-state index in [0.29, 0.717) is 5.56 Å². The number of piperazine rings is 1. The van der Waals surface area contributed by atoms with E-state index in [4.69, 9.17) is 0 Å². The number of rotatable bonds is 7. The van der Waals surface area contributed by atoms with Crippen LogP contribution in [0.1, 0.15) is 15.9 Å². The highest BCUT2D eigenvalue weighted by atomic mass is 32.2. The van der Waals surface area contributed by atoms with Crippen LogP contribution < -0.4 is 4.90 Å². The average Bonchev–Trinajstić information content (AvgIpc) is 2.88. The Morgan fingerprint density at radius 3 is 1.97 bits per heavy atom. The van der Waals surface area contributed by atoms with Crippen molar-refractivity contribution in [2.75, 3.05) is 31.1 Å². The van der Waals surface area contributed by atoms with Gasteiger partial charge in [-0.15, -0.1) is 0 Å². The van der Waals surface area contributed by atoms with Crippen LogP contribution in [0, 0.1) is 20.2 Å². The topological polar surface area (TPSA) is 144 Å². The molecule has 1 saturated heterocycles. The van der Waals surface area contributed by atoms with Gasteiger partial charge in [0.15, 0.2) is 10.7 Å². The molecule has 35 heavy (non-hydrogen) atoms. The lowest BCUT2D eigenvalue weighted by Crippen LogP contribution is -2.48. The number of nitro benzene ring substituents is 2. The van der Waals surface area contributed by atoms with Crippen molar-refractivity contribution in [3.8, 4) is 0 Å². The third kappa shape index (κ3) is 4.74. The number of benzene rings is 3. The summed E-state index contributed by atoms with van der Waals surface area (Å²) in [5, 5.41) is 23.1. The summed E-state index contributed by atoms with van der Waals surface area (Å²) in [6, 6.07) is 17.8. The van der Waals surface area contributed by atoms with Crippen LogP contribution in [0.3, 0.4) is 0 Å². The second kappa shape index (κ2) is 9.60. The van der Waals surface area contributed by atoms with Crippen LogP contribution in [0.25, 0.3) is 0 Å². The molecule has 180 valence electrons. The van der Waals surface area contributed by atoms with E-state index in [0.717, 1.165) is 10.4 Å². The SMILES string of the molecule is O=C(c1ccccc1)c1ccc(N2CCN(S(=O)(=O)c3ccccc3[N+](=O)[O-])CC2)c([N+](=O)[O-])c1. The Kier molecular flexibility index (Phi) is 6.58. The van der Waals surface area contributed by atoms with Crippen molar-refractivity contribution in [3.05, 3.63) is 104 Å². The summed E-state index contributed by atoms with van der Waals surface area (Å²) in [5.41, 5.74) is 0.0704. The van der Waals surface area contributed by atoms with Crippen LogP contribution in [0.5, 0.6) is 0 Å². The summed E-state index contributed by atoms with van der Waals surface area (Å²) in [6.07, 6.45) is 0. The zero-order valence-corrected chi connectivity index (χ0v) is 19.1. The van der Waals surface area contributed by atoms with E-state index in [1.54, 1.807) is 35.2 Å². The quantitative estimate of drug-likeness (QED) is 0.275. The summed E-state index contributed by atoms with van der Waals surface area (Å²) in [7, 11) is -4.13. The molecule has 1 aliphatic rings. The molecule has 0 atom stereocenters. The Labute approximate surface area is 200 Å². The Morgan fingerprint density at radius 1 is 0.743 bits per heavy atom. The number of ketones is 1. The molecule has 0 aliphatic carbocycles. The number of anilines is 1. The van der Waals surface area contributed by atoms with Gasteiger partial charge in [0, 0.05) is 49.4 Å². The molecule has 0 N–H and O–H groups in total. The largest absolute Gasteiger partial charge is 0.363 e. The fourth-order valence-corrected chi connectivity index (χ4v) is 5.55. The summed E-state index contributed by atoms with van der Waals surface area (Å²) in [5.74, 6) is -0.347. The lowest BCUT2D eigenvalue weighted by Gasteiger charge is -2.35. The maximum Gasteiger partial charge on any atom is 0.293 e. The molecule has 0 amide bonds. The Morgan fingerprint density at radius 2 is 1.34 bits per heavy atom. The minimum absolute atomic E-state index is 0.0176. The second-order valence-corrected chi connectivity index (χ2v) is 9.68. The highest BCUT2D eigenvalue weighted by Crippen LogP contribution is 2.32. The number of hydrogen-bond donors (Lipinski definition) is 0. The maximum atomic E-state index is 13.0. The first-order chi connectivity index (χ1) is 16.7. The fraction of sp³-hybridized carbons (Fsp3) is 0.174. The van der Waals surface area contributed by atoms with Crippen molar-refractivity contribution in [1.29, 1.82) is 0 Å². The van der Waals surface area contributed by atoms with Crippen molar-refractivity contribution < 1.29 is 23.1 Å². The Bertz CT molecular complexity index is 1400. The van der Waals surface area contributed by atoms with Gasteiger partial charge in [0.1, 0.15) is 5.69 Å². The van der Waals surface area contributed by atoms with Crippen LogP contribution in [0.2, 0.25) is 0 Å². The summed E-state index contributed by atoms with van der Waals surface area (Å²) in [6.45, 7) is 0.228. The Balaban J connectivity index is 1.56. The van der Waals surface area contributed by atoms with E-state index in [1.165, 1.54) is 36.4 Å². The number of sulfonamides is 1. The third-order valence-electron chi connectivity index (χ3n) is 5.73. The van der Waals surface area contributed by atoms with E-state index in [2.05, 4.69) is 0 Å². The molecule has 1 aliphatic heterocycles. The predicted molar refractivity (Wildman–Crippen MR) is 127 cm³/mol. The number of hydrogen-bond acceptors (Lipinski definition) is 8. The monoisotopic (exact) mass is 496 g/mol. The molecule has 12 heteroatoms. The molecule has 3 aromatic carbocycles. The minimum atomic E-state index is -4.13. The van der Waals surface area contributed by atoms with Gasteiger partial charge in [0.25, 0.3) is 11.4 Å². The highest BCUT2D eigenvalue weighted by Gasteiger charge is 2.34. The second-order valence-electron chi connectivity index (χ2n) is 7.77. The number of carbonyl (C=O) groups is 1. The zero-order chi connectivity index (χ0) is 25.2. The summed E-state index contributed by atoms with van der Waals surface area (Å²) in [4.78, 5) is 35.7. The molecule has 0 spiro atoms. The first kappa shape index (κ1) is 24.0. The minimum Gasteiger partial charge on any atom is -0.363 e. The van der Waals surface area contributed by atoms with Gasteiger partial charge in [-0.25, -0.2) is 8.42 Å². The number of carbonyl (C=O) groups excluding carboxylic acids is 1. The van der Waals surface area contributed by atoms with Crippen molar-refractivity contribution >= 4 is 32.9 Å². The smallest absolute Gasteiger partial charge is 0.293 e. The van der Waals surface area contributed by atoms with Gasteiger partial charge in [-0.3, -0.25) is 25.0 Å². The van der Waals surface area contributed by atoms with Gasteiger partial charge < -0.3 is 4.90 Å². The predicted octanol–water partition coefficient (Wildman–Crippen LogP) is 3.24. The molecular formula is C23H20N4O7S. The zero-order valence-electron chi connectivity index (χ0n) is 18.3. The van der Waals surface area contributed by atoms with E-state index >= 15 is 0 Å². The van der Waals surface area contributed by atoms with Crippen molar-refractivity contribution in [1.82, 2.24) is 4.31 Å². The van der Waals surface area contributed by atoms with Crippen LogP contribution in [-0.2, 0) is 10.0 Å². The van der Waals surface area contributed by atoms with Gasteiger partial charge >= 0.3 is 0 Å². The van der Waals surface area contributed by atoms with Crippen LogP contribution >= 0.6 is 0 Å². The third-order valence-corrected chi connectivity index (χ3v) is 7.68. The van der Waals surface area contributed by atoms with Crippen LogP contribution in [-0.4, -0.2) is 54.5 Å². The molecule has 0 bridgehead atoms. The van der Waals surface area contributed by atoms with E-state index in [9.17, 15) is 33.4 Å². The van der Waals surface area contributed by atoms with E-state index in [1.807, 2.05) is 0 Å². The highest BCUT2D eigenvalue weighted by molar-refractivity contribution is 7.89. The molecule has 3 aromatic rings. The number of nitro groups is 2. The molecule has 0 aromatic heterocycles.